The van der Waals surface area contributed by atoms with Crippen LogP contribution in [0.4, 0.5) is 18.9 Å². The Labute approximate surface area is 161 Å². The summed E-state index contributed by atoms with van der Waals surface area (Å²) in [7, 11) is 0. The highest BCUT2D eigenvalue weighted by Crippen LogP contribution is 2.32. The molecule has 0 radical (unpaired) electrons. The number of nitrogens with one attached hydrogen (secondary N) is 1. The number of hydrogen-bond donors (Lipinski definition) is 1. The van der Waals surface area contributed by atoms with E-state index in [4.69, 9.17) is 4.74 Å². The molecule has 0 fully saturated rings. The molecule has 0 aliphatic rings. The third-order valence-electron chi connectivity index (χ3n) is 4.05. The Kier molecular flexibility index (Phi) is 7.03. The molecule has 8 heteroatoms. The number of carbonyl (C=O) groups excluding carboxylic acids is 2. The molecule has 0 aliphatic carbocycles. The van der Waals surface area contributed by atoms with E-state index in [1.807, 2.05) is 13.8 Å². The number of carbonyl (C=O) groups is 2. The Bertz CT molecular complexity index is 833. The Morgan fingerprint density at radius 2 is 1.71 bits per heavy atom. The molecule has 2 aromatic carbocycles. The van der Waals surface area contributed by atoms with Gasteiger partial charge in [-0.1, -0.05) is 18.2 Å². The lowest BCUT2D eigenvalue weighted by Crippen LogP contribution is -2.34. The van der Waals surface area contributed by atoms with Crippen molar-refractivity contribution in [1.29, 1.82) is 0 Å². The van der Waals surface area contributed by atoms with E-state index in [2.05, 4.69) is 5.32 Å². The van der Waals surface area contributed by atoms with Crippen molar-refractivity contribution < 1.29 is 27.5 Å². The second-order valence-electron chi connectivity index (χ2n) is 5.88. The molecular weight excluding hydrogens is 373 g/mol. The van der Waals surface area contributed by atoms with Crippen LogP contribution in [0.3, 0.4) is 0 Å². The summed E-state index contributed by atoms with van der Waals surface area (Å²) < 4.78 is 44.7. The number of likely N-dealkylation sites (N-methyl/N-ethyl adjacent to an activating group) is 1. The van der Waals surface area contributed by atoms with Crippen LogP contribution in [0.15, 0.2) is 48.5 Å². The number of rotatable bonds is 7. The average molecular weight is 394 g/mol. The van der Waals surface area contributed by atoms with E-state index in [0.29, 0.717) is 18.8 Å². The van der Waals surface area contributed by atoms with Gasteiger partial charge in [-0.25, -0.2) is 0 Å². The van der Waals surface area contributed by atoms with Crippen LogP contribution in [0, 0.1) is 0 Å². The van der Waals surface area contributed by atoms with Crippen LogP contribution in [0.25, 0.3) is 0 Å². The molecule has 2 aromatic rings. The highest BCUT2D eigenvalue weighted by atomic mass is 19.4. The molecule has 1 N–H and O–H groups in total. The minimum Gasteiger partial charge on any atom is -0.484 e. The Morgan fingerprint density at radius 1 is 1.04 bits per heavy atom. The minimum absolute atomic E-state index is 0.171. The molecule has 0 bridgehead atoms. The van der Waals surface area contributed by atoms with Gasteiger partial charge >= 0.3 is 6.18 Å². The summed E-state index contributed by atoms with van der Waals surface area (Å²) in [5.74, 6) is -0.745. The SMILES string of the molecule is CCN(CC)C(=O)COc1cccc(NC(=O)c2ccccc2C(F)(F)F)c1. The summed E-state index contributed by atoms with van der Waals surface area (Å²) >= 11 is 0. The zero-order valence-electron chi connectivity index (χ0n) is 15.5. The molecule has 150 valence electrons. The second-order valence-corrected chi connectivity index (χ2v) is 5.88. The van der Waals surface area contributed by atoms with Crippen LogP contribution in [0.2, 0.25) is 0 Å². The van der Waals surface area contributed by atoms with Gasteiger partial charge in [0, 0.05) is 24.8 Å². The number of benzene rings is 2. The first-order valence-electron chi connectivity index (χ1n) is 8.74. The normalized spacial score (nSPS) is 11.0. The average Bonchev–Trinajstić information content (AvgIpc) is 2.67. The second kappa shape index (κ2) is 9.25. The van der Waals surface area contributed by atoms with Gasteiger partial charge in [0.25, 0.3) is 11.8 Å². The third-order valence-corrected chi connectivity index (χ3v) is 4.05. The molecule has 0 saturated heterocycles. The van der Waals surface area contributed by atoms with Gasteiger partial charge in [0.1, 0.15) is 5.75 Å². The largest absolute Gasteiger partial charge is 0.484 e. The van der Waals surface area contributed by atoms with Gasteiger partial charge in [0.05, 0.1) is 11.1 Å². The molecule has 0 unspecified atom stereocenters. The van der Waals surface area contributed by atoms with Gasteiger partial charge in [-0.3, -0.25) is 9.59 Å². The predicted molar refractivity (Wildman–Crippen MR) is 99.3 cm³/mol. The van der Waals surface area contributed by atoms with Crippen molar-refractivity contribution >= 4 is 17.5 Å². The molecule has 2 rings (SSSR count). The quantitative estimate of drug-likeness (QED) is 0.766. The maximum atomic E-state index is 13.1. The van der Waals surface area contributed by atoms with Crippen LogP contribution in [-0.2, 0) is 11.0 Å². The summed E-state index contributed by atoms with van der Waals surface area (Å²) in [6.45, 7) is 4.67. The van der Waals surface area contributed by atoms with Gasteiger partial charge in [-0.2, -0.15) is 13.2 Å². The van der Waals surface area contributed by atoms with Crippen LogP contribution >= 0.6 is 0 Å². The highest BCUT2D eigenvalue weighted by Gasteiger charge is 2.34. The molecule has 0 atom stereocenters. The molecule has 5 nitrogen and oxygen atoms in total. The summed E-state index contributed by atoms with van der Waals surface area (Å²) in [5, 5.41) is 2.43. The lowest BCUT2D eigenvalue weighted by Gasteiger charge is -2.18. The van der Waals surface area contributed by atoms with Crippen molar-refractivity contribution in [2.24, 2.45) is 0 Å². The van der Waals surface area contributed by atoms with E-state index in [1.54, 1.807) is 17.0 Å². The first-order valence-corrected chi connectivity index (χ1v) is 8.74. The smallest absolute Gasteiger partial charge is 0.417 e. The first-order chi connectivity index (χ1) is 13.3. The number of alkyl halides is 3. The lowest BCUT2D eigenvalue weighted by molar-refractivity contribution is -0.138. The third kappa shape index (κ3) is 5.48. The van der Waals surface area contributed by atoms with Crippen molar-refractivity contribution in [1.82, 2.24) is 4.90 Å². The Hall–Kier alpha value is -3.03. The fourth-order valence-corrected chi connectivity index (χ4v) is 2.60. The van der Waals surface area contributed by atoms with Crippen LogP contribution in [-0.4, -0.2) is 36.4 Å². The van der Waals surface area contributed by atoms with E-state index in [0.717, 1.165) is 12.1 Å². The van der Waals surface area contributed by atoms with Crippen molar-refractivity contribution in [3.8, 4) is 5.75 Å². The monoisotopic (exact) mass is 394 g/mol. The van der Waals surface area contributed by atoms with Gasteiger partial charge in [0.2, 0.25) is 0 Å². The van der Waals surface area contributed by atoms with Crippen molar-refractivity contribution in [2.75, 3.05) is 25.0 Å². The van der Waals surface area contributed by atoms with Gasteiger partial charge in [-0.15, -0.1) is 0 Å². The van der Waals surface area contributed by atoms with Crippen molar-refractivity contribution in [2.45, 2.75) is 20.0 Å². The number of halogens is 3. The number of anilines is 1. The Morgan fingerprint density at radius 3 is 2.36 bits per heavy atom. The summed E-state index contributed by atoms with van der Waals surface area (Å²) in [6, 6.07) is 10.7. The number of ether oxygens (including phenoxy) is 1. The van der Waals surface area contributed by atoms with Crippen molar-refractivity contribution in [3.05, 3.63) is 59.7 Å². The lowest BCUT2D eigenvalue weighted by atomic mass is 10.1. The van der Waals surface area contributed by atoms with E-state index >= 15 is 0 Å². The minimum atomic E-state index is -4.64. The molecule has 0 spiro atoms. The van der Waals surface area contributed by atoms with Gasteiger partial charge in [0.15, 0.2) is 6.61 Å². The first kappa shape index (κ1) is 21.3. The number of hydrogen-bond acceptors (Lipinski definition) is 3. The van der Waals surface area contributed by atoms with Crippen LogP contribution in [0.5, 0.6) is 5.75 Å². The topological polar surface area (TPSA) is 58.6 Å². The molecule has 0 aliphatic heterocycles. The number of amides is 2. The van der Waals surface area contributed by atoms with Crippen molar-refractivity contribution in [3.63, 3.8) is 0 Å². The molecule has 2 amide bonds. The van der Waals surface area contributed by atoms with E-state index in [9.17, 15) is 22.8 Å². The van der Waals surface area contributed by atoms with Gasteiger partial charge < -0.3 is 15.0 Å². The Balaban J connectivity index is 2.09. The van der Waals surface area contributed by atoms with E-state index < -0.39 is 23.2 Å². The molecule has 28 heavy (non-hydrogen) atoms. The maximum absolute atomic E-state index is 13.1. The number of nitrogens with zero attached hydrogens (tertiary/aromatic N) is 1. The fourth-order valence-electron chi connectivity index (χ4n) is 2.60. The summed E-state index contributed by atoms with van der Waals surface area (Å²) in [5.41, 5.74) is -1.22. The van der Waals surface area contributed by atoms with Crippen LogP contribution < -0.4 is 10.1 Å². The fraction of sp³-hybridized carbons (Fsp3) is 0.300. The maximum Gasteiger partial charge on any atom is 0.417 e. The zero-order valence-corrected chi connectivity index (χ0v) is 15.5. The molecule has 0 heterocycles. The highest BCUT2D eigenvalue weighted by molar-refractivity contribution is 6.05. The molecule has 0 aromatic heterocycles. The van der Waals surface area contributed by atoms with E-state index in [-0.39, 0.29) is 18.2 Å². The van der Waals surface area contributed by atoms with Gasteiger partial charge in [-0.05, 0) is 38.1 Å². The standard InChI is InChI=1S/C20H21F3N2O3/c1-3-25(4-2)18(26)13-28-15-9-7-8-14(12-15)24-19(27)16-10-5-6-11-17(16)20(21,22)23/h5-12H,3-4,13H2,1-2H3,(H,24,27). The predicted octanol–water partition coefficient (Wildman–Crippen LogP) is 4.20. The zero-order chi connectivity index (χ0) is 20.7. The summed E-state index contributed by atoms with van der Waals surface area (Å²) in [4.78, 5) is 25.9. The van der Waals surface area contributed by atoms with Crippen LogP contribution in [0.1, 0.15) is 29.8 Å². The van der Waals surface area contributed by atoms with E-state index in [1.165, 1.54) is 24.3 Å². The summed E-state index contributed by atoms with van der Waals surface area (Å²) in [6.07, 6.45) is -4.64. The molecular formula is C20H21F3N2O3. The molecule has 0 saturated carbocycles.